The molecule has 1 heterocycles. The highest BCUT2D eigenvalue weighted by atomic mass is 16.5. The molecule has 1 aliphatic rings. The zero-order valence-electron chi connectivity index (χ0n) is 16.8. The van der Waals surface area contributed by atoms with Crippen molar-refractivity contribution in [2.45, 2.75) is 12.8 Å². The van der Waals surface area contributed by atoms with E-state index in [0.29, 0.717) is 17.0 Å². The summed E-state index contributed by atoms with van der Waals surface area (Å²) in [7, 11) is 1.53. The van der Waals surface area contributed by atoms with Crippen LogP contribution < -0.4 is 15.0 Å². The maximum atomic E-state index is 12.2. The quantitative estimate of drug-likeness (QED) is 0.431. The number of nitriles is 1. The van der Waals surface area contributed by atoms with Gasteiger partial charge in [-0.2, -0.15) is 5.26 Å². The Hall–Kier alpha value is -3.79. The average molecular weight is 405 g/mol. The largest absolute Gasteiger partial charge is 0.497 e. The van der Waals surface area contributed by atoms with E-state index in [1.54, 1.807) is 30.3 Å². The number of esters is 1. The molecule has 1 saturated heterocycles. The van der Waals surface area contributed by atoms with Crippen LogP contribution >= 0.6 is 0 Å². The van der Waals surface area contributed by atoms with Gasteiger partial charge in [0.1, 0.15) is 17.4 Å². The van der Waals surface area contributed by atoms with Gasteiger partial charge in [0.05, 0.1) is 7.11 Å². The Morgan fingerprint density at radius 3 is 2.57 bits per heavy atom. The highest BCUT2D eigenvalue weighted by Crippen LogP contribution is 2.22. The fraction of sp³-hybridized carbons (Fsp3) is 0.261. The minimum atomic E-state index is -0.861. The number of carbonyl (C=O) groups excluding carboxylic acids is 2. The van der Waals surface area contributed by atoms with Crippen molar-refractivity contribution in [3.8, 4) is 11.8 Å². The molecule has 1 aliphatic heterocycles. The number of nitrogens with zero attached hydrogens (tertiary/aromatic N) is 2. The number of benzene rings is 2. The molecule has 0 spiro atoms. The maximum absolute atomic E-state index is 12.2. The molecule has 0 aromatic heterocycles. The zero-order valence-corrected chi connectivity index (χ0v) is 16.8. The van der Waals surface area contributed by atoms with Crippen molar-refractivity contribution in [1.82, 2.24) is 0 Å². The normalized spacial score (nSPS) is 13.5. The molecule has 30 heavy (non-hydrogen) atoms. The molecule has 0 aliphatic carbocycles. The van der Waals surface area contributed by atoms with Crippen LogP contribution in [0.2, 0.25) is 0 Å². The van der Waals surface area contributed by atoms with Gasteiger partial charge in [-0.05, 0) is 60.9 Å². The number of methoxy groups -OCH3 is 1. The van der Waals surface area contributed by atoms with Crippen LogP contribution in [-0.4, -0.2) is 38.7 Å². The van der Waals surface area contributed by atoms with Crippen LogP contribution in [0.15, 0.2) is 54.1 Å². The van der Waals surface area contributed by atoms with Crippen molar-refractivity contribution < 1.29 is 19.1 Å². The molecule has 2 aromatic carbocycles. The van der Waals surface area contributed by atoms with E-state index in [1.807, 2.05) is 24.3 Å². The highest BCUT2D eigenvalue weighted by molar-refractivity contribution is 6.00. The number of hydrogen-bond acceptors (Lipinski definition) is 6. The molecular weight excluding hydrogens is 382 g/mol. The lowest BCUT2D eigenvalue weighted by Gasteiger charge is -2.17. The van der Waals surface area contributed by atoms with Gasteiger partial charge in [0, 0.05) is 24.5 Å². The second-order valence-corrected chi connectivity index (χ2v) is 6.81. The number of amides is 1. The fourth-order valence-electron chi connectivity index (χ4n) is 3.17. The minimum Gasteiger partial charge on any atom is -0.497 e. The molecule has 2 aromatic rings. The van der Waals surface area contributed by atoms with Crippen molar-refractivity contribution in [3.63, 3.8) is 0 Å². The molecule has 0 saturated carbocycles. The van der Waals surface area contributed by atoms with Crippen LogP contribution in [0.25, 0.3) is 6.08 Å². The lowest BCUT2D eigenvalue weighted by Crippen LogP contribution is -2.21. The van der Waals surface area contributed by atoms with Gasteiger partial charge in [-0.15, -0.1) is 0 Å². The first-order valence-electron chi connectivity index (χ1n) is 9.67. The Bertz CT molecular complexity index is 971. The third-order valence-corrected chi connectivity index (χ3v) is 4.70. The van der Waals surface area contributed by atoms with Crippen molar-refractivity contribution in [1.29, 1.82) is 5.26 Å². The lowest BCUT2D eigenvalue weighted by atomic mass is 10.1. The van der Waals surface area contributed by atoms with E-state index in [9.17, 15) is 14.9 Å². The van der Waals surface area contributed by atoms with Crippen molar-refractivity contribution in [3.05, 3.63) is 59.7 Å². The maximum Gasteiger partial charge on any atom is 0.349 e. The van der Waals surface area contributed by atoms with Gasteiger partial charge in [-0.3, -0.25) is 4.79 Å². The van der Waals surface area contributed by atoms with Crippen LogP contribution in [-0.2, 0) is 14.3 Å². The van der Waals surface area contributed by atoms with Crippen molar-refractivity contribution in [2.75, 3.05) is 37.0 Å². The van der Waals surface area contributed by atoms with E-state index >= 15 is 0 Å². The zero-order chi connectivity index (χ0) is 21.3. The number of nitrogens with one attached hydrogen (secondary N) is 1. The van der Waals surface area contributed by atoms with E-state index in [0.717, 1.165) is 18.8 Å². The molecule has 0 bridgehead atoms. The molecule has 1 N–H and O–H groups in total. The van der Waals surface area contributed by atoms with Crippen LogP contribution in [0.3, 0.4) is 0 Å². The Morgan fingerprint density at radius 1 is 1.17 bits per heavy atom. The average Bonchev–Trinajstić information content (AvgIpc) is 3.31. The van der Waals surface area contributed by atoms with Crippen LogP contribution in [0.1, 0.15) is 18.4 Å². The molecule has 1 fully saturated rings. The summed E-state index contributed by atoms with van der Waals surface area (Å²) in [5.74, 6) is -0.736. The first-order valence-corrected chi connectivity index (χ1v) is 9.67. The third-order valence-electron chi connectivity index (χ3n) is 4.70. The van der Waals surface area contributed by atoms with Gasteiger partial charge in [0.2, 0.25) is 0 Å². The first kappa shape index (κ1) is 20.9. The van der Waals surface area contributed by atoms with Crippen LogP contribution in [0, 0.1) is 11.3 Å². The minimum absolute atomic E-state index is 0.203. The van der Waals surface area contributed by atoms with Crippen molar-refractivity contribution in [2.24, 2.45) is 0 Å². The Labute approximate surface area is 175 Å². The molecule has 7 heteroatoms. The summed E-state index contributed by atoms with van der Waals surface area (Å²) < 4.78 is 10.1. The summed E-state index contributed by atoms with van der Waals surface area (Å²) in [4.78, 5) is 26.5. The third kappa shape index (κ3) is 5.61. The fourth-order valence-corrected chi connectivity index (χ4v) is 3.17. The molecule has 0 unspecified atom stereocenters. The Balaban J connectivity index is 1.53. The molecule has 154 valence electrons. The van der Waals surface area contributed by atoms with E-state index in [1.165, 1.54) is 26.0 Å². The number of anilines is 2. The van der Waals surface area contributed by atoms with E-state index in [4.69, 9.17) is 9.47 Å². The number of carbonyl (C=O) groups is 2. The van der Waals surface area contributed by atoms with Gasteiger partial charge in [-0.1, -0.05) is 12.1 Å². The van der Waals surface area contributed by atoms with Gasteiger partial charge >= 0.3 is 5.97 Å². The summed E-state index contributed by atoms with van der Waals surface area (Å²) in [6.07, 6.45) is 3.78. The molecular formula is C23H23N3O4. The van der Waals surface area contributed by atoms with Gasteiger partial charge in [0.25, 0.3) is 5.91 Å². The number of hydrogen-bond donors (Lipinski definition) is 1. The molecule has 7 nitrogen and oxygen atoms in total. The summed E-state index contributed by atoms with van der Waals surface area (Å²) in [5, 5.41) is 11.9. The second kappa shape index (κ2) is 10.1. The summed E-state index contributed by atoms with van der Waals surface area (Å²) in [6, 6.07) is 16.3. The van der Waals surface area contributed by atoms with Crippen LogP contribution in [0.4, 0.5) is 11.4 Å². The van der Waals surface area contributed by atoms with Gasteiger partial charge in [-0.25, -0.2) is 4.79 Å². The topological polar surface area (TPSA) is 91.7 Å². The van der Waals surface area contributed by atoms with Gasteiger partial charge in [0.15, 0.2) is 6.61 Å². The van der Waals surface area contributed by atoms with Crippen LogP contribution in [0.5, 0.6) is 5.75 Å². The molecule has 1 amide bonds. The summed E-state index contributed by atoms with van der Waals surface area (Å²) in [6.45, 7) is 1.61. The van der Waals surface area contributed by atoms with E-state index < -0.39 is 18.5 Å². The predicted molar refractivity (Wildman–Crippen MR) is 114 cm³/mol. The predicted octanol–water partition coefficient (Wildman–Crippen LogP) is 3.38. The SMILES string of the molecule is COc1cccc(/C=C(\C#N)C(=O)OCC(=O)Nc2ccc(N3CCCC3)cc2)c1. The summed E-state index contributed by atoms with van der Waals surface area (Å²) in [5.41, 5.74) is 2.15. The van der Waals surface area contributed by atoms with Gasteiger partial charge < -0.3 is 19.7 Å². The molecule has 3 rings (SSSR count). The monoisotopic (exact) mass is 405 g/mol. The first-order chi connectivity index (χ1) is 14.6. The second-order valence-electron chi connectivity index (χ2n) is 6.81. The standard InChI is InChI=1S/C23H23N3O4/c1-29-21-6-4-5-17(14-21)13-18(15-24)23(28)30-16-22(27)25-19-7-9-20(10-8-19)26-11-2-3-12-26/h4-10,13-14H,2-3,11-12,16H2,1H3,(H,25,27)/b18-13+. The number of rotatable bonds is 7. The van der Waals surface area contributed by atoms with Crippen molar-refractivity contribution >= 4 is 29.3 Å². The summed E-state index contributed by atoms with van der Waals surface area (Å²) >= 11 is 0. The number of ether oxygens (including phenoxy) is 2. The Kier molecular flexibility index (Phi) is 7.06. The Morgan fingerprint density at radius 2 is 1.90 bits per heavy atom. The molecule has 0 radical (unpaired) electrons. The smallest absolute Gasteiger partial charge is 0.349 e. The van der Waals surface area contributed by atoms with E-state index in [-0.39, 0.29) is 5.57 Å². The highest BCUT2D eigenvalue weighted by Gasteiger charge is 2.15. The lowest BCUT2D eigenvalue weighted by molar-refractivity contribution is -0.142. The van der Waals surface area contributed by atoms with E-state index in [2.05, 4.69) is 10.2 Å². The molecule has 0 atom stereocenters.